The average molecular weight is 521 g/mol. The van der Waals surface area contributed by atoms with E-state index in [2.05, 4.69) is 15.5 Å². The van der Waals surface area contributed by atoms with Crippen molar-refractivity contribution in [2.24, 2.45) is 5.10 Å². The first kappa shape index (κ1) is 26.8. The number of hydrazone groups is 1. The van der Waals surface area contributed by atoms with Crippen LogP contribution >= 0.6 is 11.3 Å². The van der Waals surface area contributed by atoms with Gasteiger partial charge in [-0.05, 0) is 63.3 Å². The first-order valence-corrected chi connectivity index (χ1v) is 13.1. The van der Waals surface area contributed by atoms with Gasteiger partial charge in [0.15, 0.2) is 0 Å². The lowest BCUT2D eigenvalue weighted by atomic mass is 9.76. The Hall–Kier alpha value is -3.21. The van der Waals surface area contributed by atoms with Gasteiger partial charge in [-0.3, -0.25) is 10.2 Å². The third-order valence-electron chi connectivity index (χ3n) is 6.36. The molecule has 1 aliphatic rings. The number of carbonyl (C=O) groups is 1. The summed E-state index contributed by atoms with van der Waals surface area (Å²) >= 11 is 1.36. The molecule has 0 amide bonds. The minimum absolute atomic E-state index is 0.128. The largest absolute Gasteiger partial charge is 0.495 e. The Morgan fingerprint density at radius 3 is 2.57 bits per heavy atom. The van der Waals surface area contributed by atoms with Crippen LogP contribution in [0.4, 0.5) is 5.13 Å². The van der Waals surface area contributed by atoms with Crippen molar-refractivity contribution in [1.29, 1.82) is 0 Å². The minimum Gasteiger partial charge on any atom is -0.489 e. The summed E-state index contributed by atoms with van der Waals surface area (Å²) in [6.07, 6.45) is 1.82. The zero-order valence-electron chi connectivity index (χ0n) is 21.8. The highest BCUT2D eigenvalue weighted by molar-refractivity contribution is 7.13. The summed E-state index contributed by atoms with van der Waals surface area (Å²) in [7, 11) is -0.550. The molecule has 0 unspecified atom stereocenters. The molecule has 1 aliphatic heterocycles. The number of anilines is 1. The lowest BCUT2D eigenvalue weighted by Crippen LogP contribution is -2.41. The van der Waals surface area contributed by atoms with E-state index in [0.29, 0.717) is 29.8 Å². The van der Waals surface area contributed by atoms with Crippen LogP contribution in [-0.4, -0.2) is 42.1 Å². The molecule has 8 nitrogen and oxygen atoms in total. The molecule has 10 heteroatoms. The van der Waals surface area contributed by atoms with Crippen LogP contribution in [0.25, 0.3) is 0 Å². The van der Waals surface area contributed by atoms with Gasteiger partial charge in [0.2, 0.25) is 5.13 Å². The normalized spacial score (nSPS) is 16.2. The molecule has 0 aliphatic carbocycles. The molecule has 1 aromatic heterocycles. The fourth-order valence-electron chi connectivity index (χ4n) is 3.64. The molecule has 0 bridgehead atoms. The van der Waals surface area contributed by atoms with Crippen LogP contribution in [0.3, 0.4) is 0 Å². The van der Waals surface area contributed by atoms with Gasteiger partial charge in [0.25, 0.3) is 0 Å². The summed E-state index contributed by atoms with van der Waals surface area (Å²) in [6, 6.07) is 15.8. The molecule has 0 radical (unpaired) electrons. The number of ether oxygens (including phenoxy) is 2. The predicted octanol–water partition coefficient (Wildman–Crippen LogP) is 4.57. The van der Waals surface area contributed by atoms with Gasteiger partial charge < -0.3 is 18.8 Å². The smallest absolute Gasteiger partial charge is 0.489 e. The Labute approximate surface area is 222 Å². The van der Waals surface area contributed by atoms with E-state index in [-0.39, 0.29) is 12.4 Å². The molecular formula is C27H32BN3O5S. The van der Waals surface area contributed by atoms with Crippen molar-refractivity contribution in [2.45, 2.75) is 58.8 Å². The minimum atomic E-state index is -0.550. The second-order valence-corrected chi connectivity index (χ2v) is 10.5. The van der Waals surface area contributed by atoms with E-state index in [1.54, 1.807) is 13.1 Å². The Morgan fingerprint density at radius 2 is 1.86 bits per heavy atom. The molecule has 37 heavy (non-hydrogen) atoms. The number of benzene rings is 2. The number of aromatic nitrogens is 1. The summed E-state index contributed by atoms with van der Waals surface area (Å²) < 4.78 is 23.6. The van der Waals surface area contributed by atoms with Gasteiger partial charge in [-0.15, -0.1) is 11.3 Å². The summed E-state index contributed by atoms with van der Waals surface area (Å²) in [4.78, 5) is 16.1. The van der Waals surface area contributed by atoms with Crippen molar-refractivity contribution >= 4 is 41.2 Å². The highest BCUT2D eigenvalue weighted by atomic mass is 32.1. The van der Waals surface area contributed by atoms with Crippen LogP contribution in [0.15, 0.2) is 59.0 Å². The molecule has 1 fully saturated rings. The maximum Gasteiger partial charge on any atom is 0.495 e. The SMILES string of the molecule is CCOC(=O)Cc1csc(NN=Cc2cc(OCc3ccccc3)ccc2B2OC(C)(C)C(C)(C)O2)n1. The van der Waals surface area contributed by atoms with E-state index in [9.17, 15) is 4.79 Å². The van der Waals surface area contributed by atoms with Crippen molar-refractivity contribution in [3.63, 3.8) is 0 Å². The Balaban J connectivity index is 1.52. The van der Waals surface area contributed by atoms with Gasteiger partial charge in [0.05, 0.1) is 36.1 Å². The number of hydrogen-bond donors (Lipinski definition) is 1. The monoisotopic (exact) mass is 521 g/mol. The molecule has 3 aromatic rings. The van der Waals surface area contributed by atoms with E-state index < -0.39 is 18.3 Å². The van der Waals surface area contributed by atoms with Crippen LogP contribution in [-0.2, 0) is 31.9 Å². The summed E-state index contributed by atoms with van der Waals surface area (Å²) in [5.74, 6) is 0.402. The van der Waals surface area contributed by atoms with Crippen LogP contribution < -0.4 is 15.6 Å². The van der Waals surface area contributed by atoms with Crippen molar-refractivity contribution < 1.29 is 23.6 Å². The molecule has 2 aromatic carbocycles. The first-order chi connectivity index (χ1) is 17.7. The van der Waals surface area contributed by atoms with Crippen LogP contribution in [0, 0.1) is 0 Å². The van der Waals surface area contributed by atoms with E-state index >= 15 is 0 Å². The van der Waals surface area contributed by atoms with E-state index in [1.807, 2.05) is 81.6 Å². The Morgan fingerprint density at radius 1 is 1.14 bits per heavy atom. The second-order valence-electron chi connectivity index (χ2n) is 9.65. The quantitative estimate of drug-likeness (QED) is 0.181. The molecular weight excluding hydrogens is 489 g/mol. The van der Waals surface area contributed by atoms with Gasteiger partial charge >= 0.3 is 13.1 Å². The Kier molecular flexibility index (Phi) is 8.31. The number of hydrogen-bond acceptors (Lipinski definition) is 9. The van der Waals surface area contributed by atoms with Crippen molar-refractivity contribution in [3.8, 4) is 5.75 Å². The van der Waals surface area contributed by atoms with Crippen molar-refractivity contribution in [3.05, 3.63) is 70.7 Å². The molecule has 0 spiro atoms. The predicted molar refractivity (Wildman–Crippen MR) is 147 cm³/mol. The number of nitrogens with zero attached hydrogens (tertiary/aromatic N) is 2. The van der Waals surface area contributed by atoms with E-state index in [1.165, 1.54) is 11.3 Å². The molecule has 0 atom stereocenters. The van der Waals surface area contributed by atoms with Crippen molar-refractivity contribution in [2.75, 3.05) is 12.0 Å². The molecule has 2 heterocycles. The van der Waals surface area contributed by atoms with Crippen molar-refractivity contribution in [1.82, 2.24) is 4.98 Å². The summed E-state index contributed by atoms with van der Waals surface area (Å²) in [5.41, 5.74) is 5.36. The first-order valence-electron chi connectivity index (χ1n) is 12.2. The van der Waals surface area contributed by atoms with Crippen LogP contribution in [0.2, 0.25) is 0 Å². The highest BCUT2D eigenvalue weighted by Gasteiger charge is 2.52. The van der Waals surface area contributed by atoms with E-state index in [4.69, 9.17) is 18.8 Å². The highest BCUT2D eigenvalue weighted by Crippen LogP contribution is 2.36. The molecule has 0 saturated carbocycles. The fraction of sp³-hybridized carbons (Fsp3) is 0.370. The van der Waals surface area contributed by atoms with Gasteiger partial charge in [0, 0.05) is 5.38 Å². The second kappa shape index (κ2) is 11.5. The topological polar surface area (TPSA) is 91.3 Å². The third kappa shape index (κ3) is 6.77. The summed E-state index contributed by atoms with van der Waals surface area (Å²) in [6.45, 7) is 10.7. The molecule has 1 N–H and O–H groups in total. The molecule has 1 saturated heterocycles. The number of rotatable bonds is 10. The third-order valence-corrected chi connectivity index (χ3v) is 7.16. The zero-order valence-corrected chi connectivity index (χ0v) is 22.6. The lowest BCUT2D eigenvalue weighted by molar-refractivity contribution is -0.142. The zero-order chi connectivity index (χ0) is 26.5. The number of nitrogens with one attached hydrogen (secondary N) is 1. The average Bonchev–Trinajstić information content (AvgIpc) is 3.38. The molecule has 194 valence electrons. The number of thiazole rings is 1. The maximum absolute atomic E-state index is 11.7. The van der Waals surface area contributed by atoms with Crippen LogP contribution in [0.5, 0.6) is 5.75 Å². The lowest BCUT2D eigenvalue weighted by Gasteiger charge is -2.32. The number of carbonyl (C=O) groups excluding carboxylic acids is 1. The van der Waals surface area contributed by atoms with Gasteiger partial charge in [-0.2, -0.15) is 5.10 Å². The van der Waals surface area contributed by atoms with Gasteiger partial charge in [-0.1, -0.05) is 36.4 Å². The fourth-order valence-corrected chi connectivity index (χ4v) is 4.30. The van der Waals surface area contributed by atoms with Gasteiger partial charge in [-0.25, -0.2) is 4.98 Å². The van der Waals surface area contributed by atoms with Gasteiger partial charge in [0.1, 0.15) is 12.4 Å². The van der Waals surface area contributed by atoms with E-state index in [0.717, 1.165) is 16.6 Å². The Bertz CT molecular complexity index is 1230. The number of esters is 1. The van der Waals surface area contributed by atoms with Crippen LogP contribution in [0.1, 0.15) is 51.4 Å². The standard InChI is InChI=1S/C27H32BN3O5S/c1-6-33-24(32)15-21-18-37-25(30-21)31-29-16-20-14-22(34-17-19-10-8-7-9-11-19)12-13-23(20)28-35-26(2,3)27(4,5)36-28/h7-14,16,18H,6,15,17H2,1-5H3,(H,30,31). The summed E-state index contributed by atoms with van der Waals surface area (Å²) in [5, 5.41) is 6.78. The maximum atomic E-state index is 11.7. The molecule has 4 rings (SSSR count).